The number of hydrogen-bond donors (Lipinski definition) is 4. The van der Waals surface area contributed by atoms with Gasteiger partial charge in [-0.25, -0.2) is 0 Å². The molecule has 5 nitrogen and oxygen atoms in total. The van der Waals surface area contributed by atoms with Gasteiger partial charge in [0.25, 0.3) is 0 Å². The molecule has 0 spiro atoms. The SMILES string of the molecule is CCCCC/C=C\C=C/CCCCCCCCCCCC(O)C(=O)NC(CO)C(O)/C=C/CC/C=C/CC/C=C/CCCCCCCCCCCCC. The second kappa shape index (κ2) is 42.8. The molecule has 5 heteroatoms. The summed E-state index contributed by atoms with van der Waals surface area (Å²) in [5.74, 6) is -0.523. The highest BCUT2D eigenvalue weighted by molar-refractivity contribution is 5.80. The first-order valence-electron chi connectivity index (χ1n) is 22.6. The zero-order valence-electron chi connectivity index (χ0n) is 34.9. The fourth-order valence-electron chi connectivity index (χ4n) is 6.50. The van der Waals surface area contributed by atoms with Crippen molar-refractivity contribution < 1.29 is 20.1 Å². The maximum Gasteiger partial charge on any atom is 0.249 e. The number of aliphatic hydroxyl groups excluding tert-OH is 3. The molecule has 3 atom stereocenters. The van der Waals surface area contributed by atoms with E-state index < -0.39 is 24.2 Å². The Balaban J connectivity index is 3.76. The van der Waals surface area contributed by atoms with Crippen molar-refractivity contribution in [3.8, 4) is 0 Å². The standard InChI is InChI=1S/C48H87NO4/c1-3-5-7-9-11-13-15-17-19-21-23-24-25-27-28-30-32-34-36-38-40-42-46(51)45(44-50)49-48(53)47(52)43-41-39-37-35-33-31-29-26-22-20-18-16-14-12-10-8-6-4-2/h12,14,16,18,25,27,32,34,40,42,45-47,50-52H,3-11,13,15,17,19-24,26,28-31,33,35-39,41,43-44H2,1-2H3,(H,49,53)/b14-12-,18-16-,27-25+,34-32+,42-40+. The summed E-state index contributed by atoms with van der Waals surface area (Å²) in [5, 5.41) is 33.1. The van der Waals surface area contributed by atoms with Gasteiger partial charge in [0.05, 0.1) is 18.8 Å². The van der Waals surface area contributed by atoms with E-state index in [1.807, 2.05) is 6.08 Å². The summed E-state index contributed by atoms with van der Waals surface area (Å²) in [6.45, 7) is 4.13. The first kappa shape index (κ1) is 51.0. The van der Waals surface area contributed by atoms with Crippen molar-refractivity contribution in [1.29, 1.82) is 0 Å². The van der Waals surface area contributed by atoms with Crippen molar-refractivity contribution in [3.63, 3.8) is 0 Å². The molecule has 0 bridgehead atoms. The molecule has 0 aromatic rings. The zero-order chi connectivity index (χ0) is 38.7. The van der Waals surface area contributed by atoms with E-state index in [4.69, 9.17) is 0 Å². The Morgan fingerprint density at radius 1 is 0.472 bits per heavy atom. The average Bonchev–Trinajstić information content (AvgIpc) is 3.16. The Labute approximate surface area is 329 Å². The molecule has 0 saturated heterocycles. The lowest BCUT2D eigenvalue weighted by molar-refractivity contribution is -0.131. The number of aliphatic hydroxyl groups is 3. The van der Waals surface area contributed by atoms with Crippen LogP contribution in [0.5, 0.6) is 0 Å². The largest absolute Gasteiger partial charge is 0.394 e. The van der Waals surface area contributed by atoms with Crippen molar-refractivity contribution in [1.82, 2.24) is 5.32 Å². The second-order valence-corrected chi connectivity index (χ2v) is 15.3. The average molecular weight is 742 g/mol. The predicted octanol–water partition coefficient (Wildman–Crippen LogP) is 13.1. The highest BCUT2D eigenvalue weighted by Crippen LogP contribution is 2.14. The molecule has 1 amide bonds. The van der Waals surface area contributed by atoms with Crippen molar-refractivity contribution >= 4 is 5.91 Å². The van der Waals surface area contributed by atoms with Crippen LogP contribution in [-0.2, 0) is 4.79 Å². The molecule has 0 rings (SSSR count). The number of allylic oxidation sites excluding steroid dienone is 9. The van der Waals surface area contributed by atoms with E-state index in [1.54, 1.807) is 6.08 Å². The molecule has 4 N–H and O–H groups in total. The topological polar surface area (TPSA) is 89.8 Å². The summed E-state index contributed by atoms with van der Waals surface area (Å²) in [6.07, 6.45) is 56.8. The number of rotatable bonds is 40. The van der Waals surface area contributed by atoms with Gasteiger partial charge in [0.2, 0.25) is 5.91 Å². The van der Waals surface area contributed by atoms with Crippen molar-refractivity contribution in [2.75, 3.05) is 6.61 Å². The Morgan fingerprint density at radius 3 is 1.30 bits per heavy atom. The Morgan fingerprint density at radius 2 is 0.830 bits per heavy atom. The van der Waals surface area contributed by atoms with Gasteiger partial charge in [0.1, 0.15) is 6.10 Å². The maximum atomic E-state index is 12.5. The van der Waals surface area contributed by atoms with Crippen LogP contribution < -0.4 is 5.32 Å². The lowest BCUT2D eigenvalue weighted by atomic mass is 10.0. The number of hydrogen-bond acceptors (Lipinski definition) is 4. The lowest BCUT2D eigenvalue weighted by Crippen LogP contribution is -2.48. The normalized spacial score (nSPS) is 14.1. The van der Waals surface area contributed by atoms with Crippen LogP contribution in [0.15, 0.2) is 60.8 Å². The van der Waals surface area contributed by atoms with Crippen LogP contribution >= 0.6 is 0 Å². The van der Waals surface area contributed by atoms with Crippen LogP contribution in [0.2, 0.25) is 0 Å². The molecule has 3 unspecified atom stereocenters. The molecule has 0 aromatic carbocycles. The zero-order valence-corrected chi connectivity index (χ0v) is 34.9. The molecule has 0 heterocycles. The fourth-order valence-corrected chi connectivity index (χ4v) is 6.50. The first-order valence-corrected chi connectivity index (χ1v) is 22.6. The van der Waals surface area contributed by atoms with Crippen molar-refractivity contribution in [3.05, 3.63) is 60.8 Å². The molecule has 308 valence electrons. The molecule has 0 aliphatic rings. The molecular weight excluding hydrogens is 655 g/mol. The highest BCUT2D eigenvalue weighted by Gasteiger charge is 2.22. The van der Waals surface area contributed by atoms with Gasteiger partial charge in [-0.1, -0.05) is 203 Å². The number of unbranched alkanes of at least 4 members (excludes halogenated alkanes) is 25. The molecule has 0 fully saturated rings. The summed E-state index contributed by atoms with van der Waals surface area (Å²) in [7, 11) is 0. The number of carbonyl (C=O) groups excluding carboxylic acids is 1. The third kappa shape index (κ3) is 38.1. The van der Waals surface area contributed by atoms with Crippen LogP contribution in [0.4, 0.5) is 0 Å². The fraction of sp³-hybridized carbons (Fsp3) is 0.771. The van der Waals surface area contributed by atoms with Gasteiger partial charge in [-0.2, -0.15) is 0 Å². The van der Waals surface area contributed by atoms with Gasteiger partial charge in [0, 0.05) is 0 Å². The van der Waals surface area contributed by atoms with Gasteiger partial charge in [0.15, 0.2) is 0 Å². The summed E-state index contributed by atoms with van der Waals surface area (Å²) in [5.41, 5.74) is 0. The number of carbonyl (C=O) groups is 1. The quantitative estimate of drug-likeness (QED) is 0.0286. The lowest BCUT2D eigenvalue weighted by Gasteiger charge is -2.21. The summed E-state index contributed by atoms with van der Waals surface area (Å²) in [6, 6.07) is -0.825. The molecule has 0 aliphatic carbocycles. The number of amides is 1. The first-order chi connectivity index (χ1) is 26.1. The predicted molar refractivity (Wildman–Crippen MR) is 231 cm³/mol. The highest BCUT2D eigenvalue weighted by atomic mass is 16.3. The Hall–Kier alpha value is -1.95. The van der Waals surface area contributed by atoms with E-state index in [1.165, 1.54) is 148 Å². The third-order valence-corrected chi connectivity index (χ3v) is 10.1. The van der Waals surface area contributed by atoms with Crippen LogP contribution in [-0.4, -0.2) is 46.1 Å². The van der Waals surface area contributed by atoms with Crippen LogP contribution in [0.1, 0.15) is 213 Å². The van der Waals surface area contributed by atoms with E-state index >= 15 is 0 Å². The van der Waals surface area contributed by atoms with E-state index in [2.05, 4.69) is 67.8 Å². The van der Waals surface area contributed by atoms with Gasteiger partial charge < -0.3 is 20.6 Å². The second-order valence-electron chi connectivity index (χ2n) is 15.3. The van der Waals surface area contributed by atoms with Crippen LogP contribution in [0.3, 0.4) is 0 Å². The number of nitrogens with one attached hydrogen (secondary N) is 1. The minimum Gasteiger partial charge on any atom is -0.394 e. The Kier molecular flexibility index (Phi) is 41.2. The molecule has 0 saturated carbocycles. The molecule has 53 heavy (non-hydrogen) atoms. The minimum absolute atomic E-state index is 0.385. The Bertz CT molecular complexity index is 907. The monoisotopic (exact) mass is 742 g/mol. The van der Waals surface area contributed by atoms with Gasteiger partial charge in [-0.15, -0.1) is 0 Å². The summed E-state index contributed by atoms with van der Waals surface area (Å²) in [4.78, 5) is 12.5. The van der Waals surface area contributed by atoms with E-state index in [0.717, 1.165) is 44.9 Å². The van der Waals surface area contributed by atoms with Crippen molar-refractivity contribution in [2.24, 2.45) is 0 Å². The van der Waals surface area contributed by atoms with E-state index in [-0.39, 0.29) is 6.61 Å². The van der Waals surface area contributed by atoms with Gasteiger partial charge in [-0.05, 0) is 70.6 Å². The molecular formula is C48H87NO4. The van der Waals surface area contributed by atoms with Gasteiger partial charge in [-0.3, -0.25) is 4.79 Å². The van der Waals surface area contributed by atoms with E-state index in [9.17, 15) is 20.1 Å². The summed E-state index contributed by atoms with van der Waals surface area (Å²) < 4.78 is 0. The van der Waals surface area contributed by atoms with Crippen LogP contribution in [0.25, 0.3) is 0 Å². The smallest absolute Gasteiger partial charge is 0.249 e. The molecule has 0 radical (unpaired) electrons. The third-order valence-electron chi connectivity index (χ3n) is 10.1. The van der Waals surface area contributed by atoms with Crippen LogP contribution in [0, 0.1) is 0 Å². The maximum absolute atomic E-state index is 12.5. The van der Waals surface area contributed by atoms with Gasteiger partial charge >= 0.3 is 0 Å². The molecule has 0 aromatic heterocycles. The minimum atomic E-state index is -1.12. The van der Waals surface area contributed by atoms with E-state index in [0.29, 0.717) is 6.42 Å². The van der Waals surface area contributed by atoms with Crippen molar-refractivity contribution in [2.45, 2.75) is 231 Å². The molecule has 0 aliphatic heterocycles. The summed E-state index contributed by atoms with van der Waals surface area (Å²) >= 11 is 0.